The monoisotopic (exact) mass is 579 g/mol. The quantitative estimate of drug-likeness (QED) is 0.357. The van der Waals surface area contributed by atoms with Gasteiger partial charge in [0.15, 0.2) is 0 Å². The molecule has 0 spiro atoms. The van der Waals surface area contributed by atoms with Gasteiger partial charge in [0.05, 0.1) is 19.1 Å². The number of sulfonamides is 1. The van der Waals surface area contributed by atoms with Crippen LogP contribution in [0.25, 0.3) is 0 Å². The van der Waals surface area contributed by atoms with Crippen LogP contribution in [0, 0.1) is 13.8 Å². The Balaban J connectivity index is 2.11. The van der Waals surface area contributed by atoms with E-state index in [2.05, 4.69) is 5.32 Å². The molecule has 9 heteroatoms. The Hall–Kier alpha value is -3.85. The number of hydrogen-bond donors (Lipinski definition) is 1. The summed E-state index contributed by atoms with van der Waals surface area (Å²) in [4.78, 5) is 29.5. The molecule has 8 nitrogen and oxygen atoms in total. The molecule has 41 heavy (non-hydrogen) atoms. The zero-order valence-electron chi connectivity index (χ0n) is 25.0. The molecular formula is C32H41N3O5S. The molecule has 0 aliphatic carbocycles. The number of aryl methyl sites for hydroxylation is 2. The number of nitrogens with one attached hydrogen (secondary N) is 1. The first-order valence-electron chi connectivity index (χ1n) is 13.5. The van der Waals surface area contributed by atoms with Gasteiger partial charge in [0.2, 0.25) is 21.8 Å². The molecule has 1 atom stereocenters. The fourth-order valence-corrected chi connectivity index (χ4v) is 5.52. The number of benzene rings is 3. The standard InChI is InChI=1S/C32H41N3O5S/c1-23-16-24(2)18-27(17-23)35(41(7,38)39)22-30(36)34(21-26-14-11-15-28(19-26)40-6)29(31(37)33-32(3,4)5)20-25-12-9-8-10-13-25/h8-19,29H,20-22H2,1-7H3,(H,33,37)/t29-/m0/s1. The number of anilines is 1. The molecule has 2 amide bonds. The summed E-state index contributed by atoms with van der Waals surface area (Å²) in [6.45, 7) is 9.01. The highest BCUT2D eigenvalue weighted by Crippen LogP contribution is 2.24. The minimum atomic E-state index is -3.83. The van der Waals surface area contributed by atoms with Crippen molar-refractivity contribution < 1.29 is 22.7 Å². The average molecular weight is 580 g/mol. The van der Waals surface area contributed by atoms with Gasteiger partial charge >= 0.3 is 0 Å². The molecule has 3 aromatic carbocycles. The smallest absolute Gasteiger partial charge is 0.244 e. The van der Waals surface area contributed by atoms with Crippen molar-refractivity contribution in [2.24, 2.45) is 0 Å². The summed E-state index contributed by atoms with van der Waals surface area (Å²) in [5, 5.41) is 3.02. The van der Waals surface area contributed by atoms with Crippen LogP contribution in [0.3, 0.4) is 0 Å². The number of methoxy groups -OCH3 is 1. The van der Waals surface area contributed by atoms with Crippen LogP contribution >= 0.6 is 0 Å². The Labute approximate surface area is 244 Å². The lowest BCUT2D eigenvalue weighted by atomic mass is 10.0. The van der Waals surface area contributed by atoms with Crippen molar-refractivity contribution in [1.29, 1.82) is 0 Å². The van der Waals surface area contributed by atoms with Crippen LogP contribution in [0.4, 0.5) is 5.69 Å². The van der Waals surface area contributed by atoms with Gasteiger partial charge in [-0.15, -0.1) is 0 Å². The van der Waals surface area contributed by atoms with E-state index in [4.69, 9.17) is 4.74 Å². The minimum absolute atomic E-state index is 0.0789. The Kier molecular flexibility index (Phi) is 10.2. The van der Waals surface area contributed by atoms with Crippen molar-refractivity contribution in [3.63, 3.8) is 0 Å². The van der Waals surface area contributed by atoms with Crippen LogP contribution < -0.4 is 14.4 Å². The lowest BCUT2D eigenvalue weighted by Gasteiger charge is -2.35. The van der Waals surface area contributed by atoms with E-state index in [0.29, 0.717) is 11.4 Å². The van der Waals surface area contributed by atoms with Gasteiger partial charge in [-0.25, -0.2) is 8.42 Å². The zero-order valence-corrected chi connectivity index (χ0v) is 25.8. The maximum Gasteiger partial charge on any atom is 0.244 e. The maximum atomic E-state index is 14.2. The number of nitrogens with zero attached hydrogens (tertiary/aromatic N) is 2. The summed E-state index contributed by atoms with van der Waals surface area (Å²) in [5.41, 5.74) is 3.23. The second kappa shape index (κ2) is 13.2. The van der Waals surface area contributed by atoms with Crippen molar-refractivity contribution in [1.82, 2.24) is 10.2 Å². The molecule has 0 saturated heterocycles. The minimum Gasteiger partial charge on any atom is -0.497 e. The fraction of sp³-hybridized carbons (Fsp3) is 0.375. The van der Waals surface area contributed by atoms with Crippen LogP contribution in [-0.2, 0) is 32.6 Å². The van der Waals surface area contributed by atoms with Crippen LogP contribution in [0.15, 0.2) is 72.8 Å². The van der Waals surface area contributed by atoms with E-state index >= 15 is 0 Å². The SMILES string of the molecule is COc1cccc(CN(C(=O)CN(c2cc(C)cc(C)c2)S(C)(=O)=O)[C@@H](Cc2ccccc2)C(=O)NC(C)(C)C)c1. The third-order valence-electron chi connectivity index (χ3n) is 6.43. The van der Waals surface area contributed by atoms with Crippen molar-refractivity contribution >= 4 is 27.5 Å². The number of ether oxygens (including phenoxy) is 1. The molecule has 220 valence electrons. The van der Waals surface area contributed by atoms with Gasteiger partial charge in [0.1, 0.15) is 18.3 Å². The number of carbonyl (C=O) groups excluding carboxylic acids is 2. The molecule has 0 aliphatic rings. The lowest BCUT2D eigenvalue weighted by molar-refractivity contribution is -0.140. The van der Waals surface area contributed by atoms with Gasteiger partial charge in [-0.2, -0.15) is 0 Å². The normalized spacial score (nSPS) is 12.4. The Morgan fingerprint density at radius 1 is 0.902 bits per heavy atom. The molecule has 0 heterocycles. The van der Waals surface area contributed by atoms with Crippen LogP contribution in [0.1, 0.15) is 43.0 Å². The van der Waals surface area contributed by atoms with Crippen molar-refractivity contribution in [3.8, 4) is 5.75 Å². The number of amides is 2. The predicted molar refractivity (Wildman–Crippen MR) is 163 cm³/mol. The Morgan fingerprint density at radius 2 is 1.51 bits per heavy atom. The van der Waals surface area contributed by atoms with Gasteiger partial charge in [0.25, 0.3) is 0 Å². The summed E-state index contributed by atoms with van der Waals surface area (Å²) in [6.07, 6.45) is 1.33. The van der Waals surface area contributed by atoms with Crippen molar-refractivity contribution in [2.75, 3.05) is 24.2 Å². The second-order valence-electron chi connectivity index (χ2n) is 11.4. The molecule has 0 saturated carbocycles. The first-order valence-corrected chi connectivity index (χ1v) is 15.4. The first-order chi connectivity index (χ1) is 19.2. The number of carbonyl (C=O) groups is 2. The molecule has 3 rings (SSSR count). The van der Waals surface area contributed by atoms with E-state index < -0.39 is 34.1 Å². The topological polar surface area (TPSA) is 96.0 Å². The Morgan fingerprint density at radius 3 is 2.07 bits per heavy atom. The average Bonchev–Trinajstić information content (AvgIpc) is 2.87. The van der Waals surface area contributed by atoms with E-state index in [1.165, 1.54) is 4.90 Å². The molecule has 0 bridgehead atoms. The van der Waals surface area contributed by atoms with Gasteiger partial charge < -0.3 is 15.0 Å². The van der Waals surface area contributed by atoms with E-state index in [9.17, 15) is 18.0 Å². The highest BCUT2D eigenvalue weighted by Gasteiger charge is 2.34. The lowest BCUT2D eigenvalue weighted by Crippen LogP contribution is -2.56. The molecule has 0 radical (unpaired) electrons. The third kappa shape index (κ3) is 9.35. The molecule has 0 aliphatic heterocycles. The second-order valence-corrected chi connectivity index (χ2v) is 13.3. The molecule has 1 N–H and O–H groups in total. The molecule has 0 unspecified atom stereocenters. The Bertz CT molecular complexity index is 1450. The summed E-state index contributed by atoms with van der Waals surface area (Å²) >= 11 is 0. The van der Waals surface area contributed by atoms with Crippen LogP contribution in [0.5, 0.6) is 5.75 Å². The van der Waals surface area contributed by atoms with Crippen LogP contribution in [-0.4, -0.2) is 56.6 Å². The molecule has 0 aromatic heterocycles. The summed E-state index contributed by atoms with van der Waals surface area (Å²) in [5.74, 6) is -0.209. The summed E-state index contributed by atoms with van der Waals surface area (Å²) in [7, 11) is -2.27. The van der Waals surface area contributed by atoms with Crippen molar-refractivity contribution in [2.45, 2.75) is 59.2 Å². The predicted octanol–water partition coefficient (Wildman–Crippen LogP) is 4.63. The van der Waals surface area contributed by atoms with E-state index in [-0.39, 0.29) is 18.9 Å². The largest absolute Gasteiger partial charge is 0.497 e. The summed E-state index contributed by atoms with van der Waals surface area (Å²) in [6, 6.07) is 21.2. The number of hydrogen-bond acceptors (Lipinski definition) is 5. The number of rotatable bonds is 11. The fourth-order valence-electron chi connectivity index (χ4n) is 4.68. The van der Waals surface area contributed by atoms with E-state index in [0.717, 1.165) is 32.8 Å². The highest BCUT2D eigenvalue weighted by molar-refractivity contribution is 7.92. The summed E-state index contributed by atoms with van der Waals surface area (Å²) < 4.78 is 32.5. The third-order valence-corrected chi connectivity index (χ3v) is 7.57. The van der Waals surface area contributed by atoms with E-state index in [1.807, 2.05) is 83.1 Å². The van der Waals surface area contributed by atoms with Crippen LogP contribution in [0.2, 0.25) is 0 Å². The van der Waals surface area contributed by atoms with Gasteiger partial charge in [-0.3, -0.25) is 13.9 Å². The molecule has 3 aromatic rings. The van der Waals surface area contributed by atoms with E-state index in [1.54, 1.807) is 31.4 Å². The van der Waals surface area contributed by atoms with Gasteiger partial charge in [0, 0.05) is 18.5 Å². The zero-order chi connectivity index (χ0) is 30.4. The molecular weight excluding hydrogens is 538 g/mol. The highest BCUT2D eigenvalue weighted by atomic mass is 32.2. The maximum absolute atomic E-state index is 14.2. The van der Waals surface area contributed by atoms with Gasteiger partial charge in [-0.1, -0.05) is 48.5 Å². The molecule has 0 fully saturated rings. The van der Waals surface area contributed by atoms with Gasteiger partial charge in [-0.05, 0) is 81.1 Å². The van der Waals surface area contributed by atoms with Crippen molar-refractivity contribution in [3.05, 3.63) is 95.1 Å². The first kappa shape index (κ1) is 31.7.